The van der Waals surface area contributed by atoms with E-state index in [2.05, 4.69) is 5.32 Å². The van der Waals surface area contributed by atoms with E-state index in [0.29, 0.717) is 24.7 Å². The average molecular weight is 309 g/mol. The Hall–Kier alpha value is -2.51. The van der Waals surface area contributed by atoms with Gasteiger partial charge in [-0.25, -0.2) is 0 Å². The molecular weight excluding hydrogens is 290 g/mol. The lowest BCUT2D eigenvalue weighted by atomic mass is 10.00. The number of carbonyl (C=O) groups excluding carboxylic acids is 1. The van der Waals surface area contributed by atoms with Crippen LogP contribution in [0.1, 0.15) is 37.8 Å². The van der Waals surface area contributed by atoms with Gasteiger partial charge in [-0.05, 0) is 25.3 Å². The Morgan fingerprint density at radius 1 is 1.23 bits per heavy atom. The van der Waals surface area contributed by atoms with Crippen molar-refractivity contribution in [1.82, 2.24) is 0 Å². The van der Waals surface area contributed by atoms with Crippen LogP contribution in [0.15, 0.2) is 6.07 Å². The Bertz CT molecular complexity index is 597. The molecule has 0 aliphatic rings. The van der Waals surface area contributed by atoms with Gasteiger partial charge in [-0.15, -0.1) is 0 Å². The average Bonchev–Trinajstić information content (AvgIpc) is 2.46. The number of nitro benzene ring substituents is 2. The topological polar surface area (TPSA) is 115 Å². The highest BCUT2D eigenvalue weighted by Crippen LogP contribution is 2.40. The van der Waals surface area contributed by atoms with Crippen LogP contribution in [0.4, 0.5) is 17.1 Å². The Labute approximate surface area is 127 Å². The molecule has 1 N–H and O–H groups in total. The number of nitrogens with zero attached hydrogens (tertiary/aromatic N) is 2. The zero-order valence-corrected chi connectivity index (χ0v) is 12.8. The molecule has 0 heterocycles. The van der Waals surface area contributed by atoms with E-state index < -0.39 is 9.85 Å². The minimum Gasteiger partial charge on any atom is -0.371 e. The minimum absolute atomic E-state index is 0.119. The summed E-state index contributed by atoms with van der Waals surface area (Å²) in [4.78, 5) is 32.2. The van der Waals surface area contributed by atoms with Gasteiger partial charge in [0, 0.05) is 24.1 Å². The molecule has 0 saturated heterocycles. The molecule has 0 aliphatic heterocycles. The smallest absolute Gasteiger partial charge is 0.303 e. The van der Waals surface area contributed by atoms with Gasteiger partial charge in [-0.3, -0.25) is 20.2 Å². The van der Waals surface area contributed by atoms with Gasteiger partial charge >= 0.3 is 5.69 Å². The van der Waals surface area contributed by atoms with Crippen molar-refractivity contribution in [3.8, 4) is 0 Å². The summed E-state index contributed by atoms with van der Waals surface area (Å²) in [7, 11) is 0. The van der Waals surface area contributed by atoms with Gasteiger partial charge in [0.2, 0.25) is 0 Å². The third-order valence-corrected chi connectivity index (χ3v) is 3.61. The summed E-state index contributed by atoms with van der Waals surface area (Å²) in [6.07, 6.45) is 1.74. The number of hydrogen-bond acceptors (Lipinski definition) is 6. The number of nitrogens with one attached hydrogen (secondary N) is 1. The molecular formula is C14H19N3O5. The molecule has 1 rings (SSSR count). The van der Waals surface area contributed by atoms with Crippen LogP contribution in [-0.2, 0) is 11.2 Å². The summed E-state index contributed by atoms with van der Waals surface area (Å²) >= 11 is 0. The van der Waals surface area contributed by atoms with Crippen molar-refractivity contribution in [3.05, 3.63) is 37.4 Å². The first-order valence-corrected chi connectivity index (χ1v) is 7.02. The molecule has 1 aromatic carbocycles. The number of benzene rings is 1. The lowest BCUT2D eigenvalue weighted by Gasteiger charge is -2.18. The maximum Gasteiger partial charge on any atom is 0.303 e. The maximum absolute atomic E-state index is 11.4. The van der Waals surface area contributed by atoms with Gasteiger partial charge < -0.3 is 10.1 Å². The molecule has 0 bridgehead atoms. The van der Waals surface area contributed by atoms with Crippen LogP contribution in [0.2, 0.25) is 0 Å². The molecule has 0 amide bonds. The van der Waals surface area contributed by atoms with E-state index in [-0.39, 0.29) is 35.1 Å². The van der Waals surface area contributed by atoms with Crippen LogP contribution in [-0.4, -0.2) is 22.2 Å². The van der Waals surface area contributed by atoms with Crippen molar-refractivity contribution >= 4 is 23.3 Å². The van der Waals surface area contributed by atoms with Gasteiger partial charge in [0.15, 0.2) is 5.69 Å². The second kappa shape index (κ2) is 7.48. The van der Waals surface area contributed by atoms with Crippen LogP contribution in [0.3, 0.4) is 0 Å². The van der Waals surface area contributed by atoms with E-state index in [1.807, 2.05) is 13.8 Å². The molecule has 0 spiro atoms. The Morgan fingerprint density at radius 3 is 2.23 bits per heavy atom. The van der Waals surface area contributed by atoms with Gasteiger partial charge in [-0.1, -0.05) is 13.8 Å². The highest BCUT2D eigenvalue weighted by Gasteiger charge is 2.31. The highest BCUT2D eigenvalue weighted by atomic mass is 16.6. The number of aldehydes is 1. The molecule has 0 atom stereocenters. The molecule has 8 heteroatoms. The quantitative estimate of drug-likeness (QED) is 0.448. The first kappa shape index (κ1) is 17.5. The summed E-state index contributed by atoms with van der Waals surface area (Å²) in [6.45, 7) is 5.30. The molecule has 120 valence electrons. The standard InChI is InChI=1S/C14H19N3O5/c1-4-10(5-2)15-13-12(16(19)20)8-9(3)11(6-7-18)14(13)17(21)22/h7-8,10,15H,4-6H2,1-3H3. The number of hydrogen-bond donors (Lipinski definition) is 1. The van der Waals surface area contributed by atoms with Crippen molar-refractivity contribution < 1.29 is 14.6 Å². The highest BCUT2D eigenvalue weighted by molar-refractivity contribution is 5.80. The number of carbonyl (C=O) groups is 1. The molecule has 22 heavy (non-hydrogen) atoms. The fourth-order valence-corrected chi connectivity index (χ4v) is 2.35. The Kier molecular flexibility index (Phi) is 5.97. The first-order chi connectivity index (χ1) is 10.4. The lowest BCUT2D eigenvalue weighted by Crippen LogP contribution is -2.19. The van der Waals surface area contributed by atoms with Gasteiger partial charge in [0.05, 0.1) is 9.85 Å². The van der Waals surface area contributed by atoms with Gasteiger partial charge in [0.25, 0.3) is 5.69 Å². The second-order valence-corrected chi connectivity index (χ2v) is 4.96. The zero-order valence-electron chi connectivity index (χ0n) is 12.8. The molecule has 1 aromatic rings. The van der Waals surface area contributed by atoms with E-state index in [0.717, 1.165) is 0 Å². The summed E-state index contributed by atoms with van der Waals surface area (Å²) in [5, 5.41) is 25.6. The fourth-order valence-electron chi connectivity index (χ4n) is 2.35. The van der Waals surface area contributed by atoms with Gasteiger partial charge in [0.1, 0.15) is 6.29 Å². The van der Waals surface area contributed by atoms with E-state index in [1.165, 1.54) is 13.0 Å². The number of nitro groups is 2. The number of aryl methyl sites for hydroxylation is 1. The molecule has 0 aliphatic carbocycles. The first-order valence-electron chi connectivity index (χ1n) is 7.02. The van der Waals surface area contributed by atoms with Crippen molar-refractivity contribution in [1.29, 1.82) is 0 Å². The number of anilines is 1. The predicted octanol–water partition coefficient (Wildman–Crippen LogP) is 3.15. The summed E-state index contributed by atoms with van der Waals surface area (Å²) in [5.41, 5.74) is -0.276. The number of rotatable bonds is 8. The van der Waals surface area contributed by atoms with Crippen molar-refractivity contribution in [3.63, 3.8) is 0 Å². The maximum atomic E-state index is 11.4. The van der Waals surface area contributed by atoms with Crippen molar-refractivity contribution in [2.45, 2.75) is 46.1 Å². The fraction of sp³-hybridized carbons (Fsp3) is 0.500. The predicted molar refractivity (Wildman–Crippen MR) is 82.2 cm³/mol. The molecule has 0 radical (unpaired) electrons. The van der Waals surface area contributed by atoms with E-state index in [9.17, 15) is 25.0 Å². The molecule has 0 saturated carbocycles. The van der Waals surface area contributed by atoms with E-state index in [1.54, 1.807) is 0 Å². The SMILES string of the molecule is CCC(CC)Nc1c([N+](=O)[O-])cc(C)c(CC=O)c1[N+](=O)[O-]. The monoisotopic (exact) mass is 309 g/mol. The largest absolute Gasteiger partial charge is 0.371 e. The zero-order chi connectivity index (χ0) is 16.9. The van der Waals surface area contributed by atoms with Crippen LogP contribution >= 0.6 is 0 Å². The molecule has 0 fully saturated rings. The second-order valence-electron chi connectivity index (χ2n) is 4.96. The third kappa shape index (κ3) is 3.57. The van der Waals surface area contributed by atoms with Gasteiger partial charge in [-0.2, -0.15) is 0 Å². The van der Waals surface area contributed by atoms with Crippen molar-refractivity contribution in [2.24, 2.45) is 0 Å². The summed E-state index contributed by atoms with van der Waals surface area (Å²) in [6, 6.07) is 1.15. The minimum atomic E-state index is -0.663. The third-order valence-electron chi connectivity index (χ3n) is 3.61. The van der Waals surface area contributed by atoms with Crippen LogP contribution in [0.25, 0.3) is 0 Å². The van der Waals surface area contributed by atoms with E-state index >= 15 is 0 Å². The normalized spacial score (nSPS) is 10.5. The molecule has 0 unspecified atom stereocenters. The van der Waals surface area contributed by atoms with E-state index in [4.69, 9.17) is 0 Å². The Morgan fingerprint density at radius 2 is 1.82 bits per heavy atom. The van der Waals surface area contributed by atoms with Crippen molar-refractivity contribution in [2.75, 3.05) is 5.32 Å². The van der Waals surface area contributed by atoms with Crippen LogP contribution in [0, 0.1) is 27.2 Å². The molecule has 0 aromatic heterocycles. The van der Waals surface area contributed by atoms with Crippen LogP contribution < -0.4 is 5.32 Å². The molecule has 8 nitrogen and oxygen atoms in total. The lowest BCUT2D eigenvalue weighted by molar-refractivity contribution is -0.392. The Balaban J connectivity index is 3.65. The summed E-state index contributed by atoms with van der Waals surface area (Å²) < 4.78 is 0. The van der Waals surface area contributed by atoms with Crippen LogP contribution in [0.5, 0.6) is 0 Å². The summed E-state index contributed by atoms with van der Waals surface area (Å²) in [5.74, 6) is 0.